The van der Waals surface area contributed by atoms with Crippen molar-refractivity contribution in [3.8, 4) is 0 Å². The quantitative estimate of drug-likeness (QED) is 0.797. The Morgan fingerprint density at radius 2 is 1.55 bits per heavy atom. The lowest BCUT2D eigenvalue weighted by molar-refractivity contribution is -0.915. The summed E-state index contributed by atoms with van der Waals surface area (Å²) in [6.45, 7) is 13.2. The molecule has 0 fully saturated rings. The lowest BCUT2D eigenvalue weighted by atomic mass is 10.1. The summed E-state index contributed by atoms with van der Waals surface area (Å²) >= 11 is 0. The molecule has 0 aliphatic heterocycles. The van der Waals surface area contributed by atoms with E-state index in [1.54, 1.807) is 0 Å². The molecule has 0 aromatic heterocycles. The zero-order chi connectivity index (χ0) is 15.3. The van der Waals surface area contributed by atoms with Crippen molar-refractivity contribution in [1.29, 1.82) is 0 Å². The number of anilines is 1. The predicted octanol–water partition coefficient (Wildman–Crippen LogP) is 3.26. The van der Waals surface area contributed by atoms with Crippen LogP contribution < -0.4 is 5.32 Å². The van der Waals surface area contributed by atoms with E-state index in [2.05, 4.69) is 26.1 Å². The Labute approximate surface area is 121 Å². The van der Waals surface area contributed by atoms with Crippen LogP contribution in [0.4, 0.5) is 10.1 Å². The maximum absolute atomic E-state index is 13.3. The molecule has 1 N–H and O–H groups in total. The predicted molar refractivity (Wildman–Crippen MR) is 81.3 cm³/mol. The second-order valence-electron chi connectivity index (χ2n) is 5.41. The minimum atomic E-state index is -0.265. The number of benzene rings is 1. The molecule has 112 valence electrons. The van der Waals surface area contributed by atoms with E-state index in [0.717, 1.165) is 40.9 Å². The van der Waals surface area contributed by atoms with E-state index in [1.165, 1.54) is 12.1 Å². The monoisotopic (exact) mass is 281 g/mol. The maximum atomic E-state index is 13.3. The Kier molecular flexibility index (Phi) is 5.69. The highest BCUT2D eigenvalue weighted by Gasteiger charge is 2.25. The van der Waals surface area contributed by atoms with Gasteiger partial charge in [0, 0.05) is 5.69 Å². The number of carbonyl (C=O) groups excluding carboxylic acids is 1. The van der Waals surface area contributed by atoms with E-state index < -0.39 is 0 Å². The molecule has 0 radical (unpaired) electrons. The van der Waals surface area contributed by atoms with Crippen molar-refractivity contribution in [2.75, 3.05) is 31.5 Å². The van der Waals surface area contributed by atoms with Crippen LogP contribution in [-0.2, 0) is 4.79 Å². The van der Waals surface area contributed by atoms with Gasteiger partial charge in [0.15, 0.2) is 6.54 Å². The Hall–Kier alpha value is -1.42. The van der Waals surface area contributed by atoms with Crippen LogP contribution in [0.5, 0.6) is 0 Å². The number of hydrogen-bond donors (Lipinski definition) is 1. The highest BCUT2D eigenvalue weighted by molar-refractivity contribution is 5.93. The summed E-state index contributed by atoms with van der Waals surface area (Å²) in [6, 6.07) is 2.90. The number of aryl methyl sites for hydroxylation is 2. The normalized spacial score (nSPS) is 11.5. The summed E-state index contributed by atoms with van der Waals surface area (Å²) in [5.74, 6) is -0.271. The maximum Gasteiger partial charge on any atom is 0.279 e. The van der Waals surface area contributed by atoms with Crippen LogP contribution in [0.1, 0.15) is 31.9 Å². The molecule has 0 saturated carbocycles. The standard InChI is InChI=1S/C16H25FN2O/c1-6-19(7-2,8-3)11-15(20)18-16-12(4)9-14(17)10-13(16)5/h9-10H,6-8,11H2,1-5H3/p+1. The number of amides is 1. The SMILES string of the molecule is CC[N+](CC)(CC)CC(=O)Nc1c(C)cc(F)cc1C. The van der Waals surface area contributed by atoms with Crippen LogP contribution >= 0.6 is 0 Å². The molecule has 0 spiro atoms. The number of rotatable bonds is 6. The van der Waals surface area contributed by atoms with Crippen LogP contribution in [-0.4, -0.2) is 36.6 Å². The molecule has 20 heavy (non-hydrogen) atoms. The highest BCUT2D eigenvalue weighted by atomic mass is 19.1. The average molecular weight is 281 g/mol. The Morgan fingerprint density at radius 3 is 1.95 bits per heavy atom. The van der Waals surface area contributed by atoms with Crippen molar-refractivity contribution in [3.63, 3.8) is 0 Å². The first-order chi connectivity index (χ1) is 9.37. The minimum absolute atomic E-state index is 0.00615. The van der Waals surface area contributed by atoms with E-state index in [-0.39, 0.29) is 11.7 Å². The number of quaternary nitrogens is 1. The van der Waals surface area contributed by atoms with E-state index in [0.29, 0.717) is 6.54 Å². The molecule has 0 aliphatic carbocycles. The molecular weight excluding hydrogens is 255 g/mol. The number of hydrogen-bond acceptors (Lipinski definition) is 1. The summed E-state index contributed by atoms with van der Waals surface area (Å²) in [6.07, 6.45) is 0. The third kappa shape index (κ3) is 3.79. The first-order valence-electron chi connectivity index (χ1n) is 7.29. The number of halogens is 1. The molecule has 0 atom stereocenters. The number of nitrogens with one attached hydrogen (secondary N) is 1. The molecule has 1 aromatic rings. The summed E-state index contributed by atoms with van der Waals surface area (Å²) in [5.41, 5.74) is 2.26. The van der Waals surface area contributed by atoms with E-state index in [4.69, 9.17) is 0 Å². The Morgan fingerprint density at radius 1 is 1.10 bits per heavy atom. The summed E-state index contributed by atoms with van der Waals surface area (Å²) in [5, 5.41) is 2.94. The van der Waals surface area contributed by atoms with E-state index in [1.807, 2.05) is 13.8 Å². The molecule has 4 heteroatoms. The highest BCUT2D eigenvalue weighted by Crippen LogP contribution is 2.21. The minimum Gasteiger partial charge on any atom is -0.321 e. The molecule has 1 amide bonds. The van der Waals surface area contributed by atoms with Gasteiger partial charge in [-0.25, -0.2) is 4.39 Å². The van der Waals surface area contributed by atoms with Crippen LogP contribution in [0.25, 0.3) is 0 Å². The van der Waals surface area contributed by atoms with Gasteiger partial charge in [0.25, 0.3) is 5.91 Å². The fourth-order valence-corrected chi connectivity index (χ4v) is 2.60. The summed E-state index contributed by atoms with van der Waals surface area (Å²) < 4.78 is 14.0. The molecule has 0 aliphatic rings. The fraction of sp³-hybridized carbons (Fsp3) is 0.562. The van der Waals surface area contributed by atoms with Gasteiger partial charge < -0.3 is 9.80 Å². The molecule has 1 aromatic carbocycles. The van der Waals surface area contributed by atoms with Gasteiger partial charge >= 0.3 is 0 Å². The first kappa shape index (κ1) is 16.6. The van der Waals surface area contributed by atoms with Crippen molar-refractivity contribution >= 4 is 11.6 Å². The number of carbonyl (C=O) groups is 1. The second-order valence-corrected chi connectivity index (χ2v) is 5.41. The zero-order valence-electron chi connectivity index (χ0n) is 13.2. The van der Waals surface area contributed by atoms with Crippen LogP contribution in [0.2, 0.25) is 0 Å². The first-order valence-corrected chi connectivity index (χ1v) is 7.29. The van der Waals surface area contributed by atoms with Crippen molar-refractivity contribution in [2.24, 2.45) is 0 Å². The number of likely N-dealkylation sites (N-methyl/N-ethyl adjacent to an activating group) is 1. The van der Waals surface area contributed by atoms with Gasteiger partial charge in [0.2, 0.25) is 0 Å². The van der Waals surface area contributed by atoms with E-state index in [9.17, 15) is 9.18 Å². The lowest BCUT2D eigenvalue weighted by Gasteiger charge is -2.35. The van der Waals surface area contributed by atoms with Crippen LogP contribution in [0.3, 0.4) is 0 Å². The summed E-state index contributed by atoms with van der Waals surface area (Å²) in [7, 11) is 0. The van der Waals surface area contributed by atoms with E-state index >= 15 is 0 Å². The van der Waals surface area contributed by atoms with Crippen molar-refractivity contribution in [1.82, 2.24) is 0 Å². The smallest absolute Gasteiger partial charge is 0.279 e. The molecule has 0 saturated heterocycles. The Bertz CT molecular complexity index is 450. The van der Waals surface area contributed by atoms with Gasteiger partial charge in [0.1, 0.15) is 5.82 Å². The third-order valence-electron chi connectivity index (χ3n) is 4.25. The fourth-order valence-electron chi connectivity index (χ4n) is 2.60. The number of nitrogens with zero attached hydrogens (tertiary/aromatic N) is 1. The van der Waals surface area contributed by atoms with Gasteiger partial charge in [-0.3, -0.25) is 4.79 Å². The van der Waals surface area contributed by atoms with Crippen LogP contribution in [0, 0.1) is 19.7 Å². The van der Waals surface area contributed by atoms with Crippen molar-refractivity contribution < 1.29 is 13.7 Å². The van der Waals surface area contributed by atoms with Gasteiger partial charge in [-0.15, -0.1) is 0 Å². The van der Waals surface area contributed by atoms with Gasteiger partial charge in [-0.1, -0.05) is 0 Å². The van der Waals surface area contributed by atoms with Crippen molar-refractivity contribution in [3.05, 3.63) is 29.1 Å². The van der Waals surface area contributed by atoms with Crippen molar-refractivity contribution in [2.45, 2.75) is 34.6 Å². The zero-order valence-corrected chi connectivity index (χ0v) is 13.2. The lowest BCUT2D eigenvalue weighted by Crippen LogP contribution is -2.52. The Balaban J connectivity index is 2.87. The molecule has 0 heterocycles. The van der Waals surface area contributed by atoms with Gasteiger partial charge in [-0.2, -0.15) is 0 Å². The van der Waals surface area contributed by atoms with Gasteiger partial charge in [0.05, 0.1) is 19.6 Å². The third-order valence-corrected chi connectivity index (χ3v) is 4.25. The topological polar surface area (TPSA) is 29.1 Å². The molecule has 0 unspecified atom stereocenters. The summed E-state index contributed by atoms with van der Waals surface area (Å²) in [4.78, 5) is 12.3. The van der Waals surface area contributed by atoms with Gasteiger partial charge in [-0.05, 0) is 57.9 Å². The average Bonchev–Trinajstić information content (AvgIpc) is 2.40. The largest absolute Gasteiger partial charge is 0.321 e. The molecule has 0 bridgehead atoms. The van der Waals surface area contributed by atoms with Crippen LogP contribution in [0.15, 0.2) is 12.1 Å². The molecular formula is C16H26FN2O+. The molecule has 1 rings (SSSR count). The molecule has 3 nitrogen and oxygen atoms in total. The second kappa shape index (κ2) is 6.84.